The summed E-state index contributed by atoms with van der Waals surface area (Å²) in [5, 5.41) is 8.86. The summed E-state index contributed by atoms with van der Waals surface area (Å²) >= 11 is 0. The van der Waals surface area contributed by atoms with Crippen molar-refractivity contribution in [1.29, 1.82) is 0 Å². The maximum absolute atomic E-state index is 10.8. The summed E-state index contributed by atoms with van der Waals surface area (Å²) in [6.07, 6.45) is 3.52. The van der Waals surface area contributed by atoms with Crippen molar-refractivity contribution in [2.75, 3.05) is 13.2 Å². The third-order valence-corrected chi connectivity index (χ3v) is 3.42. The van der Waals surface area contributed by atoms with Gasteiger partial charge in [-0.1, -0.05) is 36.4 Å². The first-order valence-corrected chi connectivity index (χ1v) is 6.13. The van der Waals surface area contributed by atoms with E-state index in [0.717, 1.165) is 12.8 Å². The summed E-state index contributed by atoms with van der Waals surface area (Å²) in [5.74, 6) is -0.842. The molecule has 18 heavy (non-hydrogen) atoms. The highest BCUT2D eigenvalue weighted by atomic mass is 16.5. The number of aliphatic carboxylic acids is 1. The Balaban J connectivity index is 2.03. The maximum Gasteiger partial charge on any atom is 0.330 e. The zero-order valence-corrected chi connectivity index (χ0v) is 10.6. The number of carboxylic acid groups (broad SMARTS) is 1. The van der Waals surface area contributed by atoms with Crippen LogP contribution in [0, 0.1) is 5.41 Å². The van der Waals surface area contributed by atoms with E-state index in [-0.39, 0.29) is 5.41 Å². The van der Waals surface area contributed by atoms with E-state index in [4.69, 9.17) is 9.84 Å². The van der Waals surface area contributed by atoms with Gasteiger partial charge in [-0.3, -0.25) is 0 Å². The van der Waals surface area contributed by atoms with Gasteiger partial charge in [-0.05, 0) is 25.3 Å². The summed E-state index contributed by atoms with van der Waals surface area (Å²) in [7, 11) is 0. The fourth-order valence-corrected chi connectivity index (χ4v) is 2.17. The van der Waals surface area contributed by atoms with Gasteiger partial charge in [0.05, 0.1) is 13.2 Å². The molecule has 0 amide bonds. The number of carbonyl (C=O) groups is 1. The second-order valence-corrected chi connectivity index (χ2v) is 5.05. The lowest BCUT2D eigenvalue weighted by Crippen LogP contribution is -2.44. The minimum absolute atomic E-state index is 0.0814. The van der Waals surface area contributed by atoms with Gasteiger partial charge in [0.15, 0.2) is 0 Å². The van der Waals surface area contributed by atoms with Crippen molar-refractivity contribution < 1.29 is 14.6 Å². The highest BCUT2D eigenvalue weighted by Gasteiger charge is 2.37. The van der Waals surface area contributed by atoms with Crippen molar-refractivity contribution >= 4 is 5.97 Å². The quantitative estimate of drug-likeness (QED) is 0.812. The highest BCUT2D eigenvalue weighted by molar-refractivity contribution is 5.85. The average Bonchev–Trinajstić information content (AvgIpc) is 2.33. The van der Waals surface area contributed by atoms with Gasteiger partial charge in [-0.25, -0.2) is 4.79 Å². The largest absolute Gasteiger partial charge is 0.478 e. The first-order valence-electron chi connectivity index (χ1n) is 6.13. The van der Waals surface area contributed by atoms with Gasteiger partial charge in [-0.2, -0.15) is 0 Å². The van der Waals surface area contributed by atoms with E-state index in [1.165, 1.54) is 5.56 Å². The number of hydrogen-bond acceptors (Lipinski definition) is 2. The molecule has 1 aliphatic heterocycles. The van der Waals surface area contributed by atoms with Gasteiger partial charge in [0.1, 0.15) is 0 Å². The second kappa shape index (κ2) is 5.36. The van der Waals surface area contributed by atoms with Crippen LogP contribution in [0.4, 0.5) is 0 Å². The molecule has 1 aliphatic rings. The van der Waals surface area contributed by atoms with E-state index < -0.39 is 5.97 Å². The number of rotatable bonds is 5. The van der Waals surface area contributed by atoms with E-state index in [2.05, 4.69) is 12.1 Å². The molecule has 3 nitrogen and oxygen atoms in total. The second-order valence-electron chi connectivity index (χ2n) is 5.05. The third kappa shape index (κ3) is 2.99. The zero-order valence-electron chi connectivity index (χ0n) is 10.6. The van der Waals surface area contributed by atoms with Gasteiger partial charge in [-0.15, -0.1) is 0 Å². The smallest absolute Gasteiger partial charge is 0.330 e. The average molecular weight is 246 g/mol. The number of carboxylic acids is 1. The van der Waals surface area contributed by atoms with Crippen LogP contribution in [0.3, 0.4) is 0 Å². The van der Waals surface area contributed by atoms with Crippen LogP contribution >= 0.6 is 0 Å². The molecule has 2 rings (SSSR count). The van der Waals surface area contributed by atoms with E-state index in [0.29, 0.717) is 18.8 Å². The molecule has 0 saturated carbocycles. The van der Waals surface area contributed by atoms with Crippen LogP contribution in [0.5, 0.6) is 0 Å². The Morgan fingerprint density at radius 1 is 1.39 bits per heavy atom. The Labute approximate surface area is 107 Å². The van der Waals surface area contributed by atoms with E-state index in [9.17, 15) is 4.79 Å². The van der Waals surface area contributed by atoms with E-state index in [1.807, 2.05) is 24.3 Å². The molecule has 1 saturated heterocycles. The van der Waals surface area contributed by atoms with E-state index in [1.54, 1.807) is 6.92 Å². The van der Waals surface area contributed by atoms with Gasteiger partial charge < -0.3 is 9.84 Å². The molecule has 3 heteroatoms. The summed E-state index contributed by atoms with van der Waals surface area (Å²) in [4.78, 5) is 10.8. The molecule has 0 radical (unpaired) electrons. The van der Waals surface area contributed by atoms with Crippen LogP contribution in [-0.4, -0.2) is 24.3 Å². The molecule has 96 valence electrons. The Morgan fingerprint density at radius 3 is 2.56 bits per heavy atom. The van der Waals surface area contributed by atoms with Crippen molar-refractivity contribution in [3.8, 4) is 0 Å². The summed E-state index contributed by atoms with van der Waals surface area (Å²) in [5.41, 5.74) is 1.77. The summed E-state index contributed by atoms with van der Waals surface area (Å²) in [6, 6.07) is 10.3. The topological polar surface area (TPSA) is 46.5 Å². The normalized spacial score (nSPS) is 18.2. The van der Waals surface area contributed by atoms with Crippen molar-refractivity contribution in [2.24, 2.45) is 5.41 Å². The predicted octanol–water partition coefficient (Wildman–Crippen LogP) is 2.67. The van der Waals surface area contributed by atoms with Crippen LogP contribution in [0.1, 0.15) is 18.9 Å². The van der Waals surface area contributed by atoms with Crippen LogP contribution in [0.15, 0.2) is 42.0 Å². The standard InChI is InChI=1S/C15H18O3/c1-12(14(16)17)7-8-15(10-18-11-15)9-13-5-3-2-4-6-13/h2-7H,8-11H2,1H3,(H,16,17). The van der Waals surface area contributed by atoms with Crippen molar-refractivity contribution in [3.05, 3.63) is 47.5 Å². The Hall–Kier alpha value is -1.61. The Morgan fingerprint density at radius 2 is 2.06 bits per heavy atom. The number of hydrogen-bond donors (Lipinski definition) is 1. The monoisotopic (exact) mass is 246 g/mol. The molecule has 1 heterocycles. The highest BCUT2D eigenvalue weighted by Crippen LogP contribution is 2.36. The zero-order chi connectivity index (χ0) is 13.0. The van der Waals surface area contributed by atoms with Crippen molar-refractivity contribution in [3.63, 3.8) is 0 Å². The summed E-state index contributed by atoms with van der Waals surface area (Å²) in [6.45, 7) is 3.06. The first kappa shape index (κ1) is 12.8. The van der Waals surface area contributed by atoms with Crippen LogP contribution in [-0.2, 0) is 16.0 Å². The fourth-order valence-electron chi connectivity index (χ4n) is 2.17. The van der Waals surface area contributed by atoms with Gasteiger partial charge in [0.2, 0.25) is 0 Å². The Bertz CT molecular complexity index is 444. The minimum Gasteiger partial charge on any atom is -0.478 e. The van der Waals surface area contributed by atoms with Crippen LogP contribution < -0.4 is 0 Å². The molecule has 1 aromatic carbocycles. The SMILES string of the molecule is CC(=CCC1(Cc2ccccc2)COC1)C(=O)O. The van der Waals surface area contributed by atoms with Crippen LogP contribution in [0.25, 0.3) is 0 Å². The number of ether oxygens (including phenoxy) is 1. The molecular weight excluding hydrogens is 228 g/mol. The molecule has 0 bridgehead atoms. The van der Waals surface area contributed by atoms with Crippen molar-refractivity contribution in [2.45, 2.75) is 19.8 Å². The van der Waals surface area contributed by atoms with Gasteiger partial charge in [0.25, 0.3) is 0 Å². The molecule has 0 spiro atoms. The molecule has 1 fully saturated rings. The third-order valence-electron chi connectivity index (χ3n) is 3.42. The lowest BCUT2D eigenvalue weighted by atomic mass is 9.76. The fraction of sp³-hybridized carbons (Fsp3) is 0.400. The van der Waals surface area contributed by atoms with Gasteiger partial charge in [0, 0.05) is 11.0 Å². The lowest BCUT2D eigenvalue weighted by molar-refractivity contribution is -0.132. The molecule has 1 N–H and O–H groups in total. The maximum atomic E-state index is 10.8. The first-order chi connectivity index (χ1) is 8.61. The lowest BCUT2D eigenvalue weighted by Gasteiger charge is -2.41. The predicted molar refractivity (Wildman–Crippen MR) is 69.4 cm³/mol. The molecule has 0 aromatic heterocycles. The molecular formula is C15H18O3. The van der Waals surface area contributed by atoms with Crippen molar-refractivity contribution in [1.82, 2.24) is 0 Å². The molecule has 0 atom stereocenters. The van der Waals surface area contributed by atoms with Gasteiger partial charge >= 0.3 is 5.97 Å². The minimum atomic E-state index is -0.842. The number of allylic oxidation sites excluding steroid dienone is 1. The molecule has 0 aliphatic carbocycles. The number of benzene rings is 1. The Kier molecular flexibility index (Phi) is 3.82. The van der Waals surface area contributed by atoms with Crippen LogP contribution in [0.2, 0.25) is 0 Å². The van der Waals surface area contributed by atoms with E-state index >= 15 is 0 Å². The molecule has 1 aromatic rings. The summed E-state index contributed by atoms with van der Waals surface area (Å²) < 4.78 is 5.33. The molecule has 0 unspecified atom stereocenters.